The first-order chi connectivity index (χ1) is 17.1. The smallest absolute Gasteiger partial charge is 0.0555 e. The first-order valence-corrected chi connectivity index (χ1v) is 12.2. The molecule has 2 aliphatic rings. The minimum absolute atomic E-state index is 0.234. The molecule has 206 valence electrons. The summed E-state index contributed by atoms with van der Waals surface area (Å²) < 4.78 is 0. The number of carbonyl (C=O) groups is 4. The maximum Gasteiger partial charge on any atom is 0.0555 e. The molecule has 2 saturated heterocycles. The predicted molar refractivity (Wildman–Crippen MR) is 119 cm³/mol. The molecule has 2 fully saturated rings. The van der Waals surface area contributed by atoms with Gasteiger partial charge in [0.05, 0.1) is 23.9 Å². The van der Waals surface area contributed by atoms with Crippen LogP contribution < -0.4 is 20.4 Å². The summed E-state index contributed by atoms with van der Waals surface area (Å²) in [6.45, 7) is 6.27. The molecular weight excluding hydrogens is 476 g/mol. The Morgan fingerprint density at radius 2 is 0.528 bits per heavy atom. The molecule has 0 aromatic carbocycles. The fourth-order valence-electron chi connectivity index (χ4n) is 4.46. The highest BCUT2D eigenvalue weighted by Crippen LogP contribution is 2.04. The maximum atomic E-state index is 11.1. The average molecular weight is 513 g/mol. The van der Waals surface area contributed by atoms with E-state index < -0.39 is 23.9 Å². The van der Waals surface area contributed by atoms with Crippen LogP contribution in [-0.2, 0) is 19.2 Å². The summed E-state index contributed by atoms with van der Waals surface area (Å²) in [5.74, 6) is -4.75. The van der Waals surface area contributed by atoms with E-state index in [1.807, 2.05) is 0 Å². The van der Waals surface area contributed by atoms with Crippen molar-refractivity contribution in [1.29, 1.82) is 0 Å². The van der Waals surface area contributed by atoms with Crippen LogP contribution in [0.4, 0.5) is 0 Å². The highest BCUT2D eigenvalue weighted by Gasteiger charge is 2.20. The van der Waals surface area contributed by atoms with E-state index in [-0.39, 0.29) is 26.2 Å². The van der Waals surface area contributed by atoms with Crippen LogP contribution in [0, 0.1) is 0 Å². The highest BCUT2D eigenvalue weighted by molar-refractivity contribution is 5.67. The largest absolute Gasteiger partial charge is 0.549 e. The molecule has 0 aromatic rings. The van der Waals surface area contributed by atoms with Crippen molar-refractivity contribution < 1.29 is 39.6 Å². The molecule has 0 aromatic heterocycles. The van der Waals surface area contributed by atoms with E-state index in [1.165, 1.54) is 0 Å². The summed E-state index contributed by atoms with van der Waals surface area (Å²) in [6.07, 6.45) is 0. The number of rotatable bonds is 11. The van der Waals surface area contributed by atoms with E-state index in [9.17, 15) is 39.6 Å². The van der Waals surface area contributed by atoms with Gasteiger partial charge in [-0.25, -0.2) is 0 Å². The van der Waals surface area contributed by atoms with Crippen LogP contribution in [0.3, 0.4) is 0 Å². The normalized spacial score (nSPS) is 21.4. The fraction of sp³-hybridized carbons (Fsp3) is 0.818. The lowest BCUT2D eigenvalue weighted by molar-refractivity contribution is -0.308. The lowest BCUT2D eigenvalue weighted by Gasteiger charge is -2.30. The molecule has 2 aliphatic heterocycles. The van der Waals surface area contributed by atoms with Gasteiger partial charge < -0.3 is 39.6 Å². The second-order valence-electron chi connectivity index (χ2n) is 9.28. The Kier molecular flexibility index (Phi) is 13.0. The number of hydrogen-bond donors (Lipinski definition) is 0. The van der Waals surface area contributed by atoms with Gasteiger partial charge in [-0.15, -0.1) is 0 Å². The molecule has 14 nitrogen and oxygen atoms in total. The molecular formula is C22H36N6O8-4. The molecule has 36 heavy (non-hydrogen) atoms. The van der Waals surface area contributed by atoms with Crippen LogP contribution in [0.25, 0.3) is 0 Å². The standard InChI is InChI=1S/C22H40N6O8/c29-19(30)15-25-7-3-23(4-8-26(12-11-25)16-20(31)32)1-2-24-5-9-27(17-21(33)34)13-14-28(10-6-24)18-22(35)36/h1-18H2,(H,29,30)(H,31,32)(H,33,34)(H,35,36)/p-4. The van der Waals surface area contributed by atoms with E-state index in [2.05, 4.69) is 9.80 Å². The van der Waals surface area contributed by atoms with Crippen molar-refractivity contribution in [3.8, 4) is 0 Å². The lowest BCUT2D eigenvalue weighted by Crippen LogP contribution is -2.45. The Hall–Kier alpha value is -2.36. The number of carboxylic acids is 4. The number of nitrogens with zero attached hydrogens (tertiary/aromatic N) is 6. The molecule has 0 amide bonds. The molecule has 0 unspecified atom stereocenters. The van der Waals surface area contributed by atoms with Crippen LogP contribution in [-0.4, -0.2) is 171 Å². The molecule has 0 spiro atoms. The van der Waals surface area contributed by atoms with Crippen molar-refractivity contribution in [2.24, 2.45) is 0 Å². The highest BCUT2D eigenvalue weighted by atomic mass is 16.4. The molecule has 0 atom stereocenters. The first kappa shape index (κ1) is 29.9. The Balaban J connectivity index is 2.00. The van der Waals surface area contributed by atoms with Gasteiger partial charge in [-0.1, -0.05) is 0 Å². The molecule has 14 heteroatoms. The summed E-state index contributed by atoms with van der Waals surface area (Å²) >= 11 is 0. The summed E-state index contributed by atoms with van der Waals surface area (Å²) in [7, 11) is 0. The van der Waals surface area contributed by atoms with E-state index in [0.29, 0.717) is 91.6 Å². The number of hydrogen-bond acceptors (Lipinski definition) is 14. The number of carbonyl (C=O) groups excluding carboxylic acids is 4. The van der Waals surface area contributed by atoms with E-state index in [0.717, 1.165) is 0 Å². The van der Waals surface area contributed by atoms with Crippen molar-refractivity contribution >= 4 is 23.9 Å². The summed E-state index contributed by atoms with van der Waals surface area (Å²) in [6, 6.07) is 0. The molecule has 0 bridgehead atoms. The Morgan fingerprint density at radius 1 is 0.361 bits per heavy atom. The topological polar surface area (TPSA) is 180 Å². The lowest BCUT2D eigenvalue weighted by atomic mass is 10.3. The van der Waals surface area contributed by atoms with Crippen molar-refractivity contribution in [3.05, 3.63) is 0 Å². The van der Waals surface area contributed by atoms with E-state index >= 15 is 0 Å². The molecule has 0 aliphatic carbocycles. The van der Waals surface area contributed by atoms with E-state index in [4.69, 9.17) is 0 Å². The molecule has 2 heterocycles. The van der Waals surface area contributed by atoms with Crippen molar-refractivity contribution in [2.75, 3.05) is 118 Å². The second kappa shape index (κ2) is 15.7. The van der Waals surface area contributed by atoms with Gasteiger partial charge in [-0.2, -0.15) is 0 Å². The third-order valence-electron chi connectivity index (χ3n) is 6.54. The SMILES string of the molecule is O=C([O-])CN1CCN(CCN2CCN(CC(=O)[O-])CCN(CC(=O)[O-])CC2)CCN(CC(=O)[O-])CC1. The molecule has 2 rings (SSSR count). The van der Waals surface area contributed by atoms with Crippen LogP contribution >= 0.6 is 0 Å². The monoisotopic (exact) mass is 512 g/mol. The zero-order valence-electron chi connectivity index (χ0n) is 20.7. The van der Waals surface area contributed by atoms with Crippen molar-refractivity contribution in [2.45, 2.75) is 0 Å². The summed E-state index contributed by atoms with van der Waals surface area (Å²) in [5.41, 5.74) is 0. The third kappa shape index (κ3) is 12.6. The van der Waals surface area contributed by atoms with E-state index in [1.54, 1.807) is 19.6 Å². The van der Waals surface area contributed by atoms with Crippen LogP contribution in [0.5, 0.6) is 0 Å². The van der Waals surface area contributed by atoms with Gasteiger partial charge >= 0.3 is 0 Å². The first-order valence-electron chi connectivity index (χ1n) is 12.2. The summed E-state index contributed by atoms with van der Waals surface area (Å²) in [4.78, 5) is 55.7. The Morgan fingerprint density at radius 3 is 0.694 bits per heavy atom. The summed E-state index contributed by atoms with van der Waals surface area (Å²) in [5, 5.41) is 44.5. The van der Waals surface area contributed by atoms with Crippen LogP contribution in [0.15, 0.2) is 0 Å². The Labute approximate surface area is 211 Å². The van der Waals surface area contributed by atoms with Gasteiger partial charge in [0.25, 0.3) is 0 Å². The minimum Gasteiger partial charge on any atom is -0.549 e. The fourth-order valence-corrected chi connectivity index (χ4v) is 4.46. The predicted octanol–water partition coefficient (Wildman–Crippen LogP) is -8.17. The van der Waals surface area contributed by atoms with Crippen LogP contribution in [0.1, 0.15) is 0 Å². The quantitative estimate of drug-likeness (QED) is 0.254. The van der Waals surface area contributed by atoms with Crippen molar-refractivity contribution in [3.63, 3.8) is 0 Å². The van der Waals surface area contributed by atoms with Gasteiger partial charge in [0, 0.05) is 118 Å². The maximum absolute atomic E-state index is 11.1. The zero-order chi connectivity index (χ0) is 26.5. The van der Waals surface area contributed by atoms with Gasteiger partial charge in [0.15, 0.2) is 0 Å². The van der Waals surface area contributed by atoms with Gasteiger partial charge in [-0.05, 0) is 0 Å². The molecule has 0 radical (unpaired) electrons. The van der Waals surface area contributed by atoms with Crippen molar-refractivity contribution in [1.82, 2.24) is 29.4 Å². The minimum atomic E-state index is -1.19. The third-order valence-corrected chi connectivity index (χ3v) is 6.54. The van der Waals surface area contributed by atoms with Gasteiger partial charge in [0.1, 0.15) is 0 Å². The number of aliphatic carboxylic acids is 4. The molecule has 0 N–H and O–H groups in total. The number of carboxylic acid groups (broad SMARTS) is 4. The zero-order valence-corrected chi connectivity index (χ0v) is 20.7. The second-order valence-corrected chi connectivity index (χ2v) is 9.28. The van der Waals surface area contributed by atoms with Gasteiger partial charge in [0.2, 0.25) is 0 Å². The Bertz CT molecular complexity index is 625. The van der Waals surface area contributed by atoms with Crippen LogP contribution in [0.2, 0.25) is 0 Å². The average Bonchev–Trinajstić information content (AvgIpc) is 2.92. The van der Waals surface area contributed by atoms with Gasteiger partial charge in [-0.3, -0.25) is 29.4 Å². The molecule has 0 saturated carbocycles.